The van der Waals surface area contributed by atoms with E-state index in [0.717, 1.165) is 28.1 Å². The van der Waals surface area contributed by atoms with Gasteiger partial charge in [-0.3, -0.25) is 4.99 Å². The molecule has 10 rings (SSSR count). The van der Waals surface area contributed by atoms with Crippen molar-refractivity contribution in [2.45, 2.75) is 35.7 Å². The van der Waals surface area contributed by atoms with Crippen LogP contribution in [0, 0.1) is 0 Å². The summed E-state index contributed by atoms with van der Waals surface area (Å²) in [6.45, 7) is 4.67. The number of fused-ring (bicyclic) bond motifs is 8. The number of hydrogen-bond donors (Lipinski definition) is 2. The molecule has 7 aromatic rings. The third kappa shape index (κ3) is 4.63. The summed E-state index contributed by atoms with van der Waals surface area (Å²) in [7, 11) is 0. The van der Waals surface area contributed by atoms with E-state index in [4.69, 9.17) is 4.99 Å². The van der Waals surface area contributed by atoms with E-state index in [1.165, 1.54) is 59.9 Å². The zero-order valence-electron chi connectivity index (χ0n) is 27.9. The first-order valence-electron chi connectivity index (χ1n) is 17.3. The Labute approximate surface area is 296 Å². The van der Waals surface area contributed by atoms with Crippen molar-refractivity contribution >= 4 is 50.4 Å². The Hall–Kier alpha value is -5.58. The highest BCUT2D eigenvalue weighted by atomic mass is 32.2. The highest BCUT2D eigenvalue weighted by Gasteiger charge is 2.35. The fraction of sp³-hybridized carbons (Fsp3) is 0.109. The summed E-state index contributed by atoms with van der Waals surface area (Å²) in [5.74, 6) is 0. The third-order valence-corrected chi connectivity index (χ3v) is 12.0. The molecular formula is C46H35N3S. The number of rotatable bonds is 4. The Morgan fingerprint density at radius 3 is 2.20 bits per heavy atom. The van der Waals surface area contributed by atoms with E-state index in [-0.39, 0.29) is 17.0 Å². The predicted octanol–water partition coefficient (Wildman–Crippen LogP) is 11.6. The molecule has 0 aromatic heterocycles. The fourth-order valence-corrected chi connectivity index (χ4v) is 9.28. The summed E-state index contributed by atoms with van der Waals surface area (Å²) in [6, 6.07) is 53.0. The SMILES string of the molecule is CC1(C)c2ccccc2-c2ccc(C3=NC(c4ccc5c(ccc6ccc7c(c65)NC(c5ccccc5)S7)c4)NC(c4ccccc4)=C3)cc21. The van der Waals surface area contributed by atoms with E-state index >= 15 is 0 Å². The van der Waals surface area contributed by atoms with Crippen LogP contribution >= 0.6 is 11.8 Å². The number of nitrogens with zero attached hydrogens (tertiary/aromatic N) is 1. The van der Waals surface area contributed by atoms with Gasteiger partial charge in [0.15, 0.2) is 0 Å². The summed E-state index contributed by atoms with van der Waals surface area (Å²) in [4.78, 5) is 6.70. The van der Waals surface area contributed by atoms with Crippen LogP contribution in [0.5, 0.6) is 0 Å². The largest absolute Gasteiger partial charge is 0.368 e. The second kappa shape index (κ2) is 11.2. The van der Waals surface area contributed by atoms with Crippen molar-refractivity contribution in [2.75, 3.05) is 5.32 Å². The molecule has 2 heterocycles. The number of thioether (sulfide) groups is 1. The number of benzene rings is 7. The second-order valence-electron chi connectivity index (χ2n) is 14.1. The van der Waals surface area contributed by atoms with Gasteiger partial charge in [-0.15, -0.1) is 0 Å². The minimum absolute atomic E-state index is 0.0729. The van der Waals surface area contributed by atoms with E-state index in [9.17, 15) is 0 Å². The quantitative estimate of drug-likeness (QED) is 0.184. The van der Waals surface area contributed by atoms with E-state index < -0.39 is 0 Å². The molecule has 1 aliphatic carbocycles. The molecule has 0 bridgehead atoms. The lowest BCUT2D eigenvalue weighted by Gasteiger charge is -2.26. The molecule has 7 aromatic carbocycles. The molecule has 3 aliphatic rings. The standard InChI is InChI=1S/C46H35N3S/c1-46(2)37-16-10-9-15-35(37)36-23-19-32(26-38(36)46)40-27-39(28-11-5-3-6-12-28)47-44(48-40)33-20-22-34-31(25-33)18-17-29-21-24-41-43(42(29)34)49-45(50-41)30-13-7-4-8-14-30/h3-27,44-45,47,49H,1-2H3. The molecule has 2 aliphatic heterocycles. The molecule has 50 heavy (non-hydrogen) atoms. The minimum Gasteiger partial charge on any atom is -0.368 e. The van der Waals surface area contributed by atoms with Crippen LogP contribution in [0.3, 0.4) is 0 Å². The van der Waals surface area contributed by atoms with Gasteiger partial charge in [0.25, 0.3) is 0 Å². The number of allylic oxidation sites excluding steroid dienone is 1. The maximum Gasteiger partial charge on any atom is 0.145 e. The predicted molar refractivity (Wildman–Crippen MR) is 211 cm³/mol. The van der Waals surface area contributed by atoms with Crippen molar-refractivity contribution in [3.8, 4) is 11.1 Å². The lowest BCUT2D eigenvalue weighted by Crippen LogP contribution is -2.25. The molecule has 0 saturated carbocycles. The summed E-state index contributed by atoms with van der Waals surface area (Å²) in [6.07, 6.45) is 1.98. The maximum atomic E-state index is 5.40. The molecule has 240 valence electrons. The Balaban J connectivity index is 1.06. The number of aliphatic imine (C=N–C) groups is 1. The first-order chi connectivity index (χ1) is 24.5. The van der Waals surface area contributed by atoms with Gasteiger partial charge in [-0.05, 0) is 79.4 Å². The molecular weight excluding hydrogens is 627 g/mol. The smallest absolute Gasteiger partial charge is 0.145 e. The lowest BCUT2D eigenvalue weighted by atomic mass is 9.81. The number of anilines is 1. The Morgan fingerprint density at radius 2 is 1.34 bits per heavy atom. The van der Waals surface area contributed by atoms with Crippen molar-refractivity contribution in [3.63, 3.8) is 0 Å². The van der Waals surface area contributed by atoms with Crippen LogP contribution in [0.2, 0.25) is 0 Å². The van der Waals surface area contributed by atoms with Crippen LogP contribution in [0.1, 0.15) is 58.8 Å². The normalized spacial score (nSPS) is 18.4. The van der Waals surface area contributed by atoms with E-state index in [0.29, 0.717) is 0 Å². The molecule has 0 radical (unpaired) electrons. The van der Waals surface area contributed by atoms with E-state index in [1.807, 2.05) is 11.8 Å². The molecule has 3 nitrogen and oxygen atoms in total. The van der Waals surface area contributed by atoms with Gasteiger partial charge in [-0.2, -0.15) is 0 Å². The van der Waals surface area contributed by atoms with Gasteiger partial charge in [-0.1, -0.05) is 153 Å². The van der Waals surface area contributed by atoms with Gasteiger partial charge in [0, 0.05) is 27.0 Å². The summed E-state index contributed by atoms with van der Waals surface area (Å²) < 4.78 is 0. The third-order valence-electron chi connectivity index (χ3n) is 10.7. The first kappa shape index (κ1) is 29.3. The van der Waals surface area contributed by atoms with Crippen molar-refractivity contribution in [1.29, 1.82) is 0 Å². The van der Waals surface area contributed by atoms with E-state index in [1.54, 1.807) is 0 Å². The Kier molecular flexibility index (Phi) is 6.59. The highest BCUT2D eigenvalue weighted by molar-refractivity contribution is 8.00. The summed E-state index contributed by atoms with van der Waals surface area (Å²) in [5, 5.41) is 12.9. The molecule has 0 amide bonds. The topological polar surface area (TPSA) is 36.4 Å². The van der Waals surface area contributed by atoms with Crippen LogP contribution in [-0.4, -0.2) is 5.71 Å². The van der Waals surface area contributed by atoms with Gasteiger partial charge < -0.3 is 10.6 Å². The first-order valence-corrected chi connectivity index (χ1v) is 18.2. The van der Waals surface area contributed by atoms with Crippen LogP contribution < -0.4 is 10.6 Å². The second-order valence-corrected chi connectivity index (χ2v) is 15.2. The lowest BCUT2D eigenvalue weighted by molar-refractivity contribution is 0.659. The molecule has 2 unspecified atom stereocenters. The Bertz CT molecular complexity index is 2550. The molecule has 0 saturated heterocycles. The average molecular weight is 662 g/mol. The van der Waals surface area contributed by atoms with Gasteiger partial charge in [0.1, 0.15) is 11.5 Å². The van der Waals surface area contributed by atoms with Gasteiger partial charge in [0.05, 0.1) is 11.4 Å². The van der Waals surface area contributed by atoms with Crippen LogP contribution in [0.25, 0.3) is 38.4 Å². The molecule has 4 heteroatoms. The fourth-order valence-electron chi connectivity index (χ4n) is 8.13. The van der Waals surface area contributed by atoms with Crippen LogP contribution in [0.15, 0.2) is 162 Å². The van der Waals surface area contributed by atoms with Crippen molar-refractivity contribution in [2.24, 2.45) is 4.99 Å². The minimum atomic E-state index is -0.235. The number of hydrogen-bond acceptors (Lipinski definition) is 4. The zero-order chi connectivity index (χ0) is 33.4. The molecule has 0 spiro atoms. The van der Waals surface area contributed by atoms with Crippen molar-refractivity contribution < 1.29 is 0 Å². The summed E-state index contributed by atoms with van der Waals surface area (Å²) in [5.41, 5.74) is 13.4. The molecule has 2 atom stereocenters. The Morgan fingerprint density at radius 1 is 0.600 bits per heavy atom. The molecule has 2 N–H and O–H groups in total. The van der Waals surface area contributed by atoms with E-state index in [2.05, 4.69) is 176 Å². The highest BCUT2D eigenvalue weighted by Crippen LogP contribution is 2.51. The molecule has 0 fully saturated rings. The van der Waals surface area contributed by atoms with Gasteiger partial charge >= 0.3 is 0 Å². The zero-order valence-corrected chi connectivity index (χ0v) is 28.8. The average Bonchev–Trinajstić information content (AvgIpc) is 3.71. The van der Waals surface area contributed by atoms with Crippen LogP contribution in [-0.2, 0) is 5.41 Å². The monoisotopic (exact) mass is 661 g/mol. The van der Waals surface area contributed by atoms with Crippen LogP contribution in [0.4, 0.5) is 5.69 Å². The van der Waals surface area contributed by atoms with Gasteiger partial charge in [-0.25, -0.2) is 0 Å². The number of nitrogens with one attached hydrogen (secondary N) is 2. The summed E-state index contributed by atoms with van der Waals surface area (Å²) >= 11 is 1.89. The maximum absolute atomic E-state index is 5.40. The van der Waals surface area contributed by atoms with Crippen molar-refractivity contribution in [3.05, 3.63) is 185 Å². The van der Waals surface area contributed by atoms with Crippen molar-refractivity contribution in [1.82, 2.24) is 5.32 Å². The van der Waals surface area contributed by atoms with Gasteiger partial charge in [0.2, 0.25) is 0 Å².